The van der Waals surface area contributed by atoms with Gasteiger partial charge in [0.25, 0.3) is 11.8 Å². The van der Waals surface area contributed by atoms with Crippen LogP contribution in [0.3, 0.4) is 0 Å². The maximum Gasteiger partial charge on any atom is 0.416 e. The third-order valence-electron chi connectivity index (χ3n) is 14.4. The van der Waals surface area contributed by atoms with Crippen molar-refractivity contribution in [1.82, 2.24) is 56.2 Å². The van der Waals surface area contributed by atoms with Crippen molar-refractivity contribution in [2.45, 2.75) is 89.7 Å². The molecule has 0 saturated heterocycles. The van der Waals surface area contributed by atoms with Crippen molar-refractivity contribution in [2.24, 2.45) is 11.8 Å². The maximum atomic E-state index is 14.4. The van der Waals surface area contributed by atoms with Crippen LogP contribution in [-0.4, -0.2) is 131 Å². The average molecular weight is 1310 g/mol. The van der Waals surface area contributed by atoms with Crippen LogP contribution in [0.25, 0.3) is 43.4 Å². The second kappa shape index (κ2) is 27.5. The number of ether oxygens (including phenoxy) is 2. The number of nitrogens with one attached hydrogen (secondary N) is 4. The third kappa shape index (κ3) is 14.2. The Morgan fingerprint density at radius 3 is 2.19 bits per heavy atom. The number of aromatic nitrogens is 7. The number of pyridine rings is 1. The molecule has 5 amide bonds. The van der Waals surface area contributed by atoms with E-state index in [9.17, 15) is 53.7 Å². The highest BCUT2D eigenvalue weighted by atomic mass is 32.1. The number of benzene rings is 1. The Bertz CT molecular complexity index is 3950. The number of hydrogen-bond donors (Lipinski definition) is 7. The molecule has 6 atom stereocenters. The molecule has 10 rings (SSSR count). The standard InChI is InChI=1S/C57H56N12O13S6/c1-25(2)31-16-37(70)43-26(3)87-54(67-43)33(17-40(71)58-4)61-48(76)35-22-83-50(63-35)30-13-14-32(52-65-39(24-86-52)69(19-42(73)74)57(80)82-29-12-11-28(15-29)56(78)79)60-44(30)34-21-84-53(62-34)36-23-85-55(64-36)46(47(75)27-9-7-6-8-10-27)66-41(72)18-59-49(77)45-38(20-81-5)88-51(31)68-45/h6-10,13-14,21-25,28-29,31,33,46-47,75H,11-12,15-20H2,1-5H3,(H,58,71)(H,59,77)(H,61,76)(H,66,72)(H,73,74)(H,78,79)/t28-,29?,31?,33-,46-,47-/m0/s1. The molecule has 88 heavy (non-hydrogen) atoms. The van der Waals surface area contributed by atoms with Gasteiger partial charge >= 0.3 is 18.0 Å². The summed E-state index contributed by atoms with van der Waals surface area (Å²) in [7, 11) is 2.93. The molecule has 31 heteroatoms. The van der Waals surface area contributed by atoms with Gasteiger partial charge in [-0.2, -0.15) is 0 Å². The third-order valence-corrected chi connectivity index (χ3v) is 20.1. The van der Waals surface area contributed by atoms with E-state index in [-0.39, 0.29) is 83.3 Å². The number of Topliss-reactive ketones (excluding diaryl/α,β-unsaturated/α-hetero) is 1. The number of nitrogens with zero attached hydrogens (tertiary/aromatic N) is 8. The first-order chi connectivity index (χ1) is 42.2. The van der Waals surface area contributed by atoms with Gasteiger partial charge in [0, 0.05) is 58.5 Å². The number of carbonyl (C=O) groups is 8. The van der Waals surface area contributed by atoms with Gasteiger partial charge in [-0.25, -0.2) is 44.6 Å². The molecule has 1 aromatic carbocycles. The van der Waals surface area contributed by atoms with Gasteiger partial charge in [-0.1, -0.05) is 44.2 Å². The number of fused-ring (bicyclic) bond motifs is 14. The summed E-state index contributed by atoms with van der Waals surface area (Å²) in [6, 6.07) is 9.88. The summed E-state index contributed by atoms with van der Waals surface area (Å²) in [5.41, 5.74) is 2.26. The molecule has 25 nitrogen and oxygen atoms in total. The predicted octanol–water partition coefficient (Wildman–Crippen LogP) is 8.48. The minimum Gasteiger partial charge on any atom is -0.481 e. The zero-order valence-electron chi connectivity index (χ0n) is 47.5. The first-order valence-electron chi connectivity index (χ1n) is 27.3. The quantitative estimate of drug-likeness (QED) is 0.0568. The Labute approximate surface area is 525 Å². The number of carboxylic acids is 2. The fraction of sp³-hybridized carbons (Fsp3) is 0.351. The summed E-state index contributed by atoms with van der Waals surface area (Å²) in [4.78, 5) is 143. The van der Waals surface area contributed by atoms with Gasteiger partial charge in [-0.15, -0.1) is 68.0 Å². The van der Waals surface area contributed by atoms with E-state index in [2.05, 4.69) is 26.3 Å². The Kier molecular flexibility index (Phi) is 19.6. The van der Waals surface area contributed by atoms with Gasteiger partial charge in [0.05, 0.1) is 47.1 Å². The van der Waals surface area contributed by atoms with Crippen LogP contribution in [0.2, 0.25) is 0 Å². The number of hydrogen-bond acceptors (Lipinski definition) is 24. The van der Waals surface area contributed by atoms with Crippen LogP contribution in [0.15, 0.2) is 64.0 Å². The fourth-order valence-corrected chi connectivity index (χ4v) is 15.4. The predicted molar refractivity (Wildman–Crippen MR) is 329 cm³/mol. The number of aliphatic hydroxyl groups is 1. The second-order valence-corrected chi connectivity index (χ2v) is 26.6. The molecule has 7 N–H and O–H groups in total. The molecule has 1 saturated carbocycles. The topological polar surface area (TPSA) is 357 Å². The van der Waals surface area contributed by atoms with Crippen LogP contribution in [0.4, 0.5) is 10.6 Å². The molecule has 7 aromatic heterocycles. The van der Waals surface area contributed by atoms with Crippen LogP contribution in [0, 0.1) is 18.8 Å². The molecule has 1 aliphatic heterocycles. The highest BCUT2D eigenvalue weighted by molar-refractivity contribution is 7.15. The number of amides is 5. The van der Waals surface area contributed by atoms with Crippen molar-refractivity contribution in [3.63, 3.8) is 0 Å². The van der Waals surface area contributed by atoms with Crippen LogP contribution in [-0.2, 0) is 35.3 Å². The molecular formula is C57H56N12O13S6. The minimum atomic E-state index is -1.35. The number of carboxylic acid groups (broad SMARTS) is 2. The summed E-state index contributed by atoms with van der Waals surface area (Å²) in [5.74, 6) is -6.51. The molecule has 1 fully saturated rings. The van der Waals surface area contributed by atoms with Crippen LogP contribution < -0.4 is 26.2 Å². The SMILES string of the molecule is CNC(=O)C[C@@H]1NC(=O)c2csc(n2)-c2ccc(-c3nc(N(CC(=O)O)C(=O)OC4CC[C@H](C(=O)O)C4)cs3)nc2-c2csc(n2)-c2csc(n2)[C@H]([C@@H](O)c2ccccc2)NC(=O)CNC(=O)c2nc(sc2COC)C(C(C)C)CC(=O)c2nc1sc2C. The molecule has 0 radical (unpaired) electrons. The summed E-state index contributed by atoms with van der Waals surface area (Å²) in [6.45, 7) is 4.25. The number of anilines is 1. The lowest BCUT2D eigenvalue weighted by Crippen LogP contribution is -2.40. The Hall–Kier alpha value is -8.17. The number of ketones is 1. The smallest absolute Gasteiger partial charge is 0.416 e. The lowest BCUT2D eigenvalue weighted by atomic mass is 9.90. The number of thiazole rings is 6. The zero-order chi connectivity index (χ0) is 62.5. The molecule has 10 bridgehead atoms. The number of carbonyl (C=O) groups excluding carboxylic acids is 6. The molecule has 458 valence electrons. The van der Waals surface area contributed by atoms with E-state index in [0.29, 0.717) is 63.7 Å². The summed E-state index contributed by atoms with van der Waals surface area (Å²) in [5, 5.41) is 50.9. The van der Waals surface area contributed by atoms with Gasteiger partial charge < -0.3 is 46.1 Å². The number of rotatable bonds is 13. The van der Waals surface area contributed by atoms with E-state index in [0.717, 1.165) is 50.2 Å². The zero-order valence-corrected chi connectivity index (χ0v) is 52.4. The highest BCUT2D eigenvalue weighted by Crippen LogP contribution is 2.41. The van der Waals surface area contributed by atoms with Gasteiger partial charge in [-0.05, 0) is 49.8 Å². The fourth-order valence-electron chi connectivity index (χ4n) is 9.81. The van der Waals surface area contributed by atoms with Crippen LogP contribution in [0.1, 0.15) is 132 Å². The normalized spacial score (nSPS) is 18.6. The monoisotopic (exact) mass is 1310 g/mol. The molecule has 2 unspecified atom stereocenters. The van der Waals surface area contributed by atoms with Crippen molar-refractivity contribution < 1.29 is 63.1 Å². The Balaban J connectivity index is 1.04. The summed E-state index contributed by atoms with van der Waals surface area (Å²) < 4.78 is 11.1. The minimum absolute atomic E-state index is 0.00968. The first kappa shape index (κ1) is 62.9. The summed E-state index contributed by atoms with van der Waals surface area (Å²) in [6.07, 6.45) is -2.70. The number of aryl methyl sites for hydroxylation is 1. The van der Waals surface area contributed by atoms with Crippen LogP contribution in [0.5, 0.6) is 0 Å². The largest absolute Gasteiger partial charge is 0.481 e. The maximum absolute atomic E-state index is 14.4. The van der Waals surface area contributed by atoms with Crippen molar-refractivity contribution in [1.29, 1.82) is 0 Å². The van der Waals surface area contributed by atoms with Gasteiger partial charge in [-0.3, -0.25) is 33.6 Å². The average Bonchev–Trinajstić information content (AvgIpc) is 2.64. The van der Waals surface area contributed by atoms with E-state index in [1.807, 2.05) is 13.8 Å². The Morgan fingerprint density at radius 2 is 1.47 bits per heavy atom. The van der Waals surface area contributed by atoms with Crippen LogP contribution >= 0.6 is 68.0 Å². The van der Waals surface area contributed by atoms with Crippen molar-refractivity contribution >= 4 is 121 Å². The second-order valence-electron chi connectivity index (χ2n) is 20.8. The first-order valence-corrected chi connectivity index (χ1v) is 32.5. The molecule has 0 spiro atoms. The highest BCUT2D eigenvalue weighted by Gasteiger charge is 2.36. The lowest BCUT2D eigenvalue weighted by molar-refractivity contribution is -0.141. The van der Waals surface area contributed by atoms with Gasteiger partial charge in [0.15, 0.2) is 5.78 Å². The van der Waals surface area contributed by atoms with Gasteiger partial charge in [0.2, 0.25) is 11.8 Å². The number of aliphatic carboxylic acids is 2. The molecule has 8 aromatic rings. The Morgan fingerprint density at radius 1 is 0.750 bits per heavy atom. The number of aliphatic hydroxyl groups excluding tert-OH is 1. The van der Waals surface area contributed by atoms with Crippen molar-refractivity contribution in [3.05, 3.63) is 111 Å². The van der Waals surface area contributed by atoms with Crippen molar-refractivity contribution in [2.75, 3.05) is 32.1 Å². The molecule has 2 aliphatic rings. The van der Waals surface area contributed by atoms with E-state index >= 15 is 0 Å². The van der Waals surface area contributed by atoms with E-state index in [4.69, 9.17) is 39.4 Å². The summed E-state index contributed by atoms with van der Waals surface area (Å²) >= 11 is 6.91. The van der Waals surface area contributed by atoms with Crippen molar-refractivity contribution in [3.8, 4) is 43.4 Å². The lowest BCUT2D eigenvalue weighted by Gasteiger charge is -2.23. The molecule has 1 aliphatic carbocycles. The number of methoxy groups -OCH3 is 1. The molecule has 8 heterocycles. The molecular weight excluding hydrogens is 1250 g/mol. The van der Waals surface area contributed by atoms with E-state index < -0.39 is 90.9 Å². The van der Waals surface area contributed by atoms with E-state index in [1.165, 1.54) is 47.6 Å². The van der Waals surface area contributed by atoms with E-state index in [1.54, 1.807) is 60.1 Å². The van der Waals surface area contributed by atoms with Gasteiger partial charge in [0.1, 0.15) is 89.8 Å².